The fourth-order valence-electron chi connectivity index (χ4n) is 4.13. The van der Waals surface area contributed by atoms with Crippen LogP contribution in [0.3, 0.4) is 0 Å². The molecule has 1 aliphatic rings. The van der Waals surface area contributed by atoms with Crippen LogP contribution in [0.1, 0.15) is 73.7 Å². The second kappa shape index (κ2) is 9.97. The molecule has 0 unspecified atom stereocenters. The van der Waals surface area contributed by atoms with Crippen LogP contribution in [0.5, 0.6) is 0 Å². The van der Waals surface area contributed by atoms with E-state index in [2.05, 4.69) is 6.92 Å². The van der Waals surface area contributed by atoms with Gasteiger partial charge in [0.1, 0.15) is 11.6 Å². The van der Waals surface area contributed by atoms with Gasteiger partial charge in [-0.15, -0.1) is 0 Å². The Labute approximate surface area is 170 Å². The summed E-state index contributed by atoms with van der Waals surface area (Å²) in [4.78, 5) is 11.7. The van der Waals surface area contributed by atoms with Crippen LogP contribution in [0.15, 0.2) is 36.4 Å². The largest absolute Gasteiger partial charge is 0.478 e. The van der Waals surface area contributed by atoms with Crippen LogP contribution >= 0.6 is 0 Å². The zero-order chi connectivity index (χ0) is 20.8. The third-order valence-corrected chi connectivity index (χ3v) is 5.74. The third-order valence-electron chi connectivity index (χ3n) is 5.74. The van der Waals surface area contributed by atoms with Crippen molar-refractivity contribution in [2.24, 2.45) is 0 Å². The van der Waals surface area contributed by atoms with Crippen LogP contribution < -0.4 is 0 Å². The molecule has 0 spiro atoms. The average Bonchev–Trinajstić information content (AvgIpc) is 2.71. The Hall–Kier alpha value is -2.27. The Bertz CT molecular complexity index is 842. The van der Waals surface area contributed by atoms with Crippen molar-refractivity contribution in [3.63, 3.8) is 0 Å². The Balaban J connectivity index is 1.77. The zero-order valence-corrected chi connectivity index (χ0v) is 16.8. The number of ether oxygens (including phenoxy) is 1. The minimum absolute atomic E-state index is 0.0973. The summed E-state index contributed by atoms with van der Waals surface area (Å²) in [6.07, 6.45) is 7.11. The summed E-state index contributed by atoms with van der Waals surface area (Å²) in [7, 11) is 0. The average molecular weight is 402 g/mol. The minimum Gasteiger partial charge on any atom is -0.478 e. The Morgan fingerprint density at radius 1 is 1.07 bits per heavy atom. The molecule has 156 valence electrons. The van der Waals surface area contributed by atoms with E-state index in [9.17, 15) is 18.7 Å². The van der Waals surface area contributed by atoms with E-state index in [4.69, 9.17) is 4.74 Å². The van der Waals surface area contributed by atoms with Crippen LogP contribution in [0.4, 0.5) is 8.78 Å². The molecule has 0 aliphatic heterocycles. The first kappa shape index (κ1) is 21.4. The molecule has 29 heavy (non-hydrogen) atoms. The summed E-state index contributed by atoms with van der Waals surface area (Å²) in [6, 6.07) is 8.33. The second-order valence-corrected chi connectivity index (χ2v) is 7.78. The fraction of sp³-hybridized carbons (Fsp3) is 0.458. The number of unbranched alkanes of at least 4 members (excludes halogenated alkanes) is 2. The molecular weight excluding hydrogens is 374 g/mol. The van der Waals surface area contributed by atoms with Crippen molar-refractivity contribution in [3.05, 3.63) is 59.2 Å². The maximum absolute atomic E-state index is 14.2. The van der Waals surface area contributed by atoms with Crippen LogP contribution in [0.25, 0.3) is 11.1 Å². The van der Waals surface area contributed by atoms with Crippen molar-refractivity contribution in [1.29, 1.82) is 0 Å². The first-order valence-electron chi connectivity index (χ1n) is 10.4. The number of rotatable bonds is 8. The van der Waals surface area contributed by atoms with Crippen molar-refractivity contribution >= 4 is 5.97 Å². The molecule has 0 atom stereocenters. The zero-order valence-electron chi connectivity index (χ0n) is 16.8. The molecular formula is C24H28F2O3. The molecule has 1 aliphatic carbocycles. The first-order valence-corrected chi connectivity index (χ1v) is 10.4. The molecule has 0 saturated heterocycles. The minimum atomic E-state index is -0.982. The number of carboxylic acids is 1. The maximum atomic E-state index is 14.2. The van der Waals surface area contributed by atoms with Gasteiger partial charge in [0, 0.05) is 18.2 Å². The molecule has 1 saturated carbocycles. The Kier molecular flexibility index (Phi) is 7.37. The normalized spacial score (nSPS) is 19.3. The number of halogens is 2. The van der Waals surface area contributed by atoms with Gasteiger partial charge >= 0.3 is 5.97 Å². The highest BCUT2D eigenvalue weighted by Gasteiger charge is 2.26. The molecule has 1 N–H and O–H groups in total. The third kappa shape index (κ3) is 5.41. The van der Waals surface area contributed by atoms with Gasteiger partial charge in [-0.2, -0.15) is 0 Å². The Morgan fingerprint density at radius 3 is 2.48 bits per heavy atom. The number of aromatic carboxylic acids is 1. The van der Waals surface area contributed by atoms with E-state index in [0.717, 1.165) is 50.3 Å². The molecule has 5 heteroatoms. The highest BCUT2D eigenvalue weighted by molar-refractivity contribution is 5.90. The number of hydrogen-bond acceptors (Lipinski definition) is 2. The predicted molar refractivity (Wildman–Crippen MR) is 109 cm³/mol. The summed E-state index contributed by atoms with van der Waals surface area (Å²) in [5.74, 6) is -2.17. The van der Waals surface area contributed by atoms with Gasteiger partial charge in [-0.1, -0.05) is 25.8 Å². The van der Waals surface area contributed by atoms with E-state index >= 15 is 0 Å². The number of hydrogen-bond donors (Lipinski definition) is 1. The summed E-state index contributed by atoms with van der Waals surface area (Å²) in [5, 5.41) is 9.62. The van der Waals surface area contributed by atoms with Gasteiger partial charge in [0.05, 0.1) is 11.7 Å². The number of benzene rings is 2. The van der Waals surface area contributed by atoms with Crippen molar-refractivity contribution in [2.45, 2.75) is 63.9 Å². The van der Waals surface area contributed by atoms with Gasteiger partial charge in [0.15, 0.2) is 0 Å². The van der Waals surface area contributed by atoms with Crippen molar-refractivity contribution in [3.8, 4) is 11.1 Å². The summed E-state index contributed by atoms with van der Waals surface area (Å²) >= 11 is 0. The molecule has 2 aromatic carbocycles. The lowest BCUT2D eigenvalue weighted by Gasteiger charge is -2.30. The lowest BCUT2D eigenvalue weighted by Crippen LogP contribution is -2.22. The van der Waals surface area contributed by atoms with Crippen LogP contribution in [0, 0.1) is 11.6 Å². The number of carboxylic acid groups (broad SMARTS) is 1. The molecule has 0 aromatic heterocycles. The van der Waals surface area contributed by atoms with Crippen LogP contribution in [-0.2, 0) is 4.74 Å². The van der Waals surface area contributed by atoms with Crippen molar-refractivity contribution < 1.29 is 23.4 Å². The van der Waals surface area contributed by atoms with E-state index in [1.807, 2.05) is 0 Å². The Morgan fingerprint density at radius 2 is 1.83 bits per heavy atom. The van der Waals surface area contributed by atoms with Gasteiger partial charge in [0.25, 0.3) is 0 Å². The molecule has 0 radical (unpaired) electrons. The summed E-state index contributed by atoms with van der Waals surface area (Å²) in [6.45, 7) is 2.94. The molecule has 0 heterocycles. The van der Waals surface area contributed by atoms with Crippen LogP contribution in [0.2, 0.25) is 0 Å². The van der Waals surface area contributed by atoms with E-state index in [0.29, 0.717) is 5.56 Å². The molecule has 0 amide bonds. The topological polar surface area (TPSA) is 46.5 Å². The molecule has 1 fully saturated rings. The SMILES string of the molecule is CCCCCOC1CCC(c2cc(-c3ccc(F)cc3F)ccc2C(=O)O)CC1. The summed E-state index contributed by atoms with van der Waals surface area (Å²) in [5.41, 5.74) is 1.82. The van der Waals surface area contributed by atoms with Crippen molar-refractivity contribution in [2.75, 3.05) is 6.61 Å². The highest BCUT2D eigenvalue weighted by Crippen LogP contribution is 2.38. The maximum Gasteiger partial charge on any atom is 0.335 e. The lowest BCUT2D eigenvalue weighted by atomic mass is 9.80. The van der Waals surface area contributed by atoms with E-state index in [1.165, 1.54) is 31.0 Å². The highest BCUT2D eigenvalue weighted by atomic mass is 19.1. The lowest BCUT2D eigenvalue weighted by molar-refractivity contribution is 0.0227. The molecule has 0 bridgehead atoms. The smallest absolute Gasteiger partial charge is 0.335 e. The molecule has 2 aromatic rings. The second-order valence-electron chi connectivity index (χ2n) is 7.78. The monoisotopic (exact) mass is 402 g/mol. The van der Waals surface area contributed by atoms with Gasteiger partial charge in [-0.25, -0.2) is 13.6 Å². The standard InChI is InChI=1S/C24H28F2O3/c1-2-3-4-13-29-19-9-5-16(6-10-19)22-14-17(7-11-21(22)24(27)28)20-12-8-18(25)15-23(20)26/h7-8,11-12,14-16,19H,2-6,9-10,13H2,1H3,(H,27,28). The van der Waals surface area contributed by atoms with E-state index in [-0.39, 0.29) is 23.1 Å². The van der Waals surface area contributed by atoms with E-state index < -0.39 is 17.6 Å². The van der Waals surface area contributed by atoms with E-state index in [1.54, 1.807) is 12.1 Å². The fourth-order valence-corrected chi connectivity index (χ4v) is 4.13. The first-order chi connectivity index (χ1) is 14.0. The van der Waals surface area contributed by atoms with Gasteiger partial charge in [0.2, 0.25) is 0 Å². The predicted octanol–water partition coefficient (Wildman–Crippen LogP) is 6.56. The molecule has 3 rings (SSSR count). The number of carbonyl (C=O) groups is 1. The van der Waals surface area contributed by atoms with Crippen LogP contribution in [-0.4, -0.2) is 23.8 Å². The quantitative estimate of drug-likeness (QED) is 0.509. The van der Waals surface area contributed by atoms with Gasteiger partial charge < -0.3 is 9.84 Å². The molecule has 3 nitrogen and oxygen atoms in total. The van der Waals surface area contributed by atoms with Crippen molar-refractivity contribution in [1.82, 2.24) is 0 Å². The summed E-state index contributed by atoms with van der Waals surface area (Å²) < 4.78 is 33.4. The van der Waals surface area contributed by atoms with Gasteiger partial charge in [-0.05, 0) is 73.4 Å². The van der Waals surface area contributed by atoms with Gasteiger partial charge in [-0.3, -0.25) is 0 Å².